The second-order valence-electron chi connectivity index (χ2n) is 6.66. The molecule has 0 N–H and O–H groups in total. The zero-order valence-electron chi connectivity index (χ0n) is 15.5. The Hall–Kier alpha value is -3.17. The van der Waals surface area contributed by atoms with Gasteiger partial charge in [-0.3, -0.25) is 4.79 Å². The highest BCUT2D eigenvalue weighted by Crippen LogP contribution is 2.25. The predicted octanol–water partition coefficient (Wildman–Crippen LogP) is 4.77. The molecule has 1 aromatic heterocycles. The van der Waals surface area contributed by atoms with E-state index in [1.54, 1.807) is 12.1 Å². The summed E-state index contributed by atoms with van der Waals surface area (Å²) in [6, 6.07) is 10.6. The van der Waals surface area contributed by atoms with Crippen LogP contribution < -0.4 is 0 Å². The lowest BCUT2D eigenvalue weighted by molar-refractivity contribution is 0.0989. The minimum Gasteiger partial charge on any atom is -0.294 e. The topological polar surface area (TPSA) is 69.0 Å². The number of nitrogens with zero attached hydrogens (tertiary/aromatic N) is 2. The summed E-state index contributed by atoms with van der Waals surface area (Å²) >= 11 is 5.93. The van der Waals surface area contributed by atoms with Gasteiger partial charge in [-0.15, -0.1) is 0 Å². The summed E-state index contributed by atoms with van der Waals surface area (Å²) in [5, 5.41) is 4.25. The second kappa shape index (κ2) is 7.82. The molecule has 0 aliphatic rings. The zero-order valence-corrected chi connectivity index (χ0v) is 17.1. The Morgan fingerprint density at radius 2 is 1.74 bits per heavy atom. The van der Waals surface area contributed by atoms with Crippen molar-refractivity contribution < 1.29 is 26.4 Å². The van der Waals surface area contributed by atoms with Gasteiger partial charge in [0.2, 0.25) is 0 Å². The summed E-state index contributed by atoms with van der Waals surface area (Å²) in [7, 11) is -4.34. The molecule has 1 heterocycles. The van der Waals surface area contributed by atoms with E-state index in [1.165, 1.54) is 24.4 Å². The lowest BCUT2D eigenvalue weighted by Crippen LogP contribution is -2.15. The van der Waals surface area contributed by atoms with Crippen LogP contribution in [-0.4, -0.2) is 23.4 Å². The number of hydrogen-bond donors (Lipinski definition) is 0. The van der Waals surface area contributed by atoms with Crippen molar-refractivity contribution in [1.82, 2.24) is 9.19 Å². The standard InChI is InChI=1S/C21H12ClF3N2O3S/c22-15-2-1-3-17(24)21(15)20(28)9-12-4-5-13-11-26-27(19(13)8-12)31(29,30)14-6-7-16(23)18(25)10-14/h1-8,10-11H,9H2. The molecular formula is C21H12ClF3N2O3S. The number of carbonyl (C=O) groups is 1. The molecule has 4 rings (SSSR count). The first-order chi connectivity index (χ1) is 14.7. The van der Waals surface area contributed by atoms with Crippen molar-refractivity contribution >= 4 is 38.3 Å². The maximum atomic E-state index is 14.0. The molecule has 0 aliphatic carbocycles. The zero-order chi connectivity index (χ0) is 22.3. The fourth-order valence-electron chi connectivity index (χ4n) is 3.12. The summed E-state index contributed by atoms with van der Waals surface area (Å²) in [4.78, 5) is 12.1. The number of carbonyl (C=O) groups excluding carboxylic acids is 1. The van der Waals surface area contributed by atoms with E-state index >= 15 is 0 Å². The van der Waals surface area contributed by atoms with Crippen molar-refractivity contribution in [3.05, 3.63) is 94.4 Å². The van der Waals surface area contributed by atoms with Gasteiger partial charge in [0.15, 0.2) is 17.4 Å². The molecule has 0 aliphatic heterocycles. The Bertz CT molecular complexity index is 1430. The van der Waals surface area contributed by atoms with Crippen LogP contribution in [0.5, 0.6) is 0 Å². The lowest BCUT2D eigenvalue weighted by atomic mass is 10.0. The average Bonchev–Trinajstić information content (AvgIpc) is 3.14. The molecule has 5 nitrogen and oxygen atoms in total. The quantitative estimate of drug-likeness (QED) is 0.399. The fraction of sp³-hybridized carbons (Fsp3) is 0.0476. The van der Waals surface area contributed by atoms with Crippen LogP contribution in [0.1, 0.15) is 15.9 Å². The van der Waals surface area contributed by atoms with Gasteiger partial charge in [0.05, 0.1) is 27.2 Å². The molecule has 4 aromatic rings. The third-order valence-electron chi connectivity index (χ3n) is 4.63. The Morgan fingerprint density at radius 1 is 0.968 bits per heavy atom. The third-order valence-corrected chi connectivity index (χ3v) is 6.54. The van der Waals surface area contributed by atoms with Crippen LogP contribution in [0.3, 0.4) is 0 Å². The number of halogens is 4. The van der Waals surface area contributed by atoms with Crippen molar-refractivity contribution in [3.63, 3.8) is 0 Å². The normalized spacial score (nSPS) is 11.7. The molecule has 158 valence electrons. The van der Waals surface area contributed by atoms with Crippen molar-refractivity contribution in [2.24, 2.45) is 0 Å². The third kappa shape index (κ3) is 3.82. The summed E-state index contributed by atoms with van der Waals surface area (Å²) in [5.74, 6) is -3.84. The second-order valence-corrected chi connectivity index (χ2v) is 8.83. The monoisotopic (exact) mass is 464 g/mol. The van der Waals surface area contributed by atoms with E-state index in [0.29, 0.717) is 27.2 Å². The average molecular weight is 465 g/mol. The van der Waals surface area contributed by atoms with Crippen LogP contribution in [0, 0.1) is 17.5 Å². The molecule has 0 spiro atoms. The number of fused-ring (bicyclic) bond motifs is 1. The number of aromatic nitrogens is 2. The summed E-state index contributed by atoms with van der Waals surface area (Å²) < 4.78 is 67.2. The van der Waals surface area contributed by atoms with Gasteiger partial charge >= 0.3 is 0 Å². The Balaban J connectivity index is 1.74. The smallest absolute Gasteiger partial charge is 0.283 e. The molecule has 0 saturated heterocycles. The molecule has 0 atom stereocenters. The number of benzene rings is 3. The van der Waals surface area contributed by atoms with E-state index in [9.17, 15) is 26.4 Å². The predicted molar refractivity (Wildman–Crippen MR) is 108 cm³/mol. The Morgan fingerprint density at radius 3 is 2.45 bits per heavy atom. The fourth-order valence-corrected chi connectivity index (χ4v) is 4.67. The molecule has 10 heteroatoms. The summed E-state index contributed by atoms with van der Waals surface area (Å²) in [5.41, 5.74) is 0.251. The molecule has 0 radical (unpaired) electrons. The molecule has 0 saturated carbocycles. The van der Waals surface area contributed by atoms with Gasteiger partial charge in [0.25, 0.3) is 10.0 Å². The molecular weight excluding hydrogens is 453 g/mol. The van der Waals surface area contributed by atoms with Gasteiger partial charge in [-0.05, 0) is 42.0 Å². The highest BCUT2D eigenvalue weighted by atomic mass is 35.5. The van der Waals surface area contributed by atoms with Crippen molar-refractivity contribution in [2.45, 2.75) is 11.3 Å². The van der Waals surface area contributed by atoms with E-state index in [1.807, 2.05) is 0 Å². The summed E-state index contributed by atoms with van der Waals surface area (Å²) in [6.07, 6.45) is 1.04. The lowest BCUT2D eigenvalue weighted by Gasteiger charge is -2.08. The molecule has 0 unspecified atom stereocenters. The maximum absolute atomic E-state index is 14.0. The van der Waals surface area contributed by atoms with Crippen LogP contribution >= 0.6 is 11.6 Å². The van der Waals surface area contributed by atoms with Gasteiger partial charge in [0.1, 0.15) is 5.82 Å². The van der Waals surface area contributed by atoms with E-state index in [-0.39, 0.29) is 22.5 Å². The van der Waals surface area contributed by atoms with E-state index in [4.69, 9.17) is 11.6 Å². The van der Waals surface area contributed by atoms with Crippen molar-refractivity contribution in [1.29, 1.82) is 0 Å². The van der Waals surface area contributed by atoms with Gasteiger partial charge in [-0.1, -0.05) is 29.8 Å². The number of Topliss-reactive ketones (excluding diaryl/α,β-unsaturated/α-hetero) is 1. The number of rotatable bonds is 5. The largest absolute Gasteiger partial charge is 0.294 e. The highest BCUT2D eigenvalue weighted by molar-refractivity contribution is 7.90. The maximum Gasteiger partial charge on any atom is 0.283 e. The SMILES string of the molecule is O=C(Cc1ccc2cnn(S(=O)(=O)c3ccc(F)c(F)c3)c2c1)c1c(F)cccc1Cl. The molecule has 0 amide bonds. The first kappa shape index (κ1) is 21.1. The minimum atomic E-state index is -4.34. The van der Waals surface area contributed by atoms with Crippen LogP contribution in [0.4, 0.5) is 13.2 Å². The van der Waals surface area contributed by atoms with Gasteiger partial charge in [-0.25, -0.2) is 13.2 Å². The number of hydrogen-bond acceptors (Lipinski definition) is 4. The first-order valence-corrected chi connectivity index (χ1v) is 10.6. The van der Waals surface area contributed by atoms with E-state index in [2.05, 4.69) is 5.10 Å². The van der Waals surface area contributed by atoms with Gasteiger partial charge in [-0.2, -0.15) is 17.6 Å². The van der Waals surface area contributed by atoms with Crippen LogP contribution in [0.15, 0.2) is 65.7 Å². The molecule has 0 bridgehead atoms. The van der Waals surface area contributed by atoms with Crippen molar-refractivity contribution in [2.75, 3.05) is 0 Å². The van der Waals surface area contributed by atoms with Crippen LogP contribution in [-0.2, 0) is 16.4 Å². The van der Waals surface area contributed by atoms with Gasteiger partial charge in [0, 0.05) is 11.8 Å². The molecule has 3 aromatic carbocycles. The van der Waals surface area contributed by atoms with Crippen LogP contribution in [0.2, 0.25) is 5.02 Å². The Kier molecular flexibility index (Phi) is 5.32. The van der Waals surface area contributed by atoms with Crippen molar-refractivity contribution in [3.8, 4) is 0 Å². The van der Waals surface area contributed by atoms with E-state index in [0.717, 1.165) is 12.1 Å². The molecule has 31 heavy (non-hydrogen) atoms. The summed E-state index contributed by atoms with van der Waals surface area (Å²) in [6.45, 7) is 0. The Labute approximate surface area is 179 Å². The first-order valence-electron chi connectivity index (χ1n) is 8.83. The minimum absolute atomic E-state index is 0.0305. The van der Waals surface area contributed by atoms with Gasteiger partial charge < -0.3 is 0 Å². The molecule has 0 fully saturated rings. The highest BCUT2D eigenvalue weighted by Gasteiger charge is 2.23. The number of ketones is 1. The van der Waals surface area contributed by atoms with Crippen LogP contribution in [0.25, 0.3) is 10.9 Å². The van der Waals surface area contributed by atoms with E-state index < -0.39 is 38.2 Å².